The number of ether oxygens (including phenoxy) is 2. The average Bonchev–Trinajstić information content (AvgIpc) is 2.48. The number of benzene rings is 2. The molecule has 0 radical (unpaired) electrons. The number of rotatable bonds is 5. The molecule has 0 saturated carbocycles. The fraction of sp³-hybridized carbons (Fsp3) is 0.235. The van der Waals surface area contributed by atoms with Gasteiger partial charge in [-0.3, -0.25) is 4.79 Å². The van der Waals surface area contributed by atoms with E-state index in [4.69, 9.17) is 21.1 Å². The monoisotopic (exact) mass is 304 g/mol. The van der Waals surface area contributed by atoms with Gasteiger partial charge in [-0.1, -0.05) is 35.9 Å². The minimum Gasteiger partial charge on any atom is -0.497 e. The third-order valence-electron chi connectivity index (χ3n) is 3.16. The molecule has 1 unspecified atom stereocenters. The Balaban J connectivity index is 1.92. The van der Waals surface area contributed by atoms with Gasteiger partial charge in [0.2, 0.25) is 0 Å². The van der Waals surface area contributed by atoms with Crippen LogP contribution in [0.15, 0.2) is 48.5 Å². The summed E-state index contributed by atoms with van der Waals surface area (Å²) in [6.07, 6.45) is -0.0601. The van der Waals surface area contributed by atoms with Gasteiger partial charge in [0.25, 0.3) is 0 Å². The molecule has 1 atom stereocenters. The van der Waals surface area contributed by atoms with Gasteiger partial charge in [-0.15, -0.1) is 0 Å². The highest BCUT2D eigenvalue weighted by atomic mass is 35.5. The first kappa shape index (κ1) is 15.4. The Morgan fingerprint density at radius 2 is 1.71 bits per heavy atom. The molecular formula is C17H17ClO3. The van der Waals surface area contributed by atoms with Crippen LogP contribution in [0.2, 0.25) is 5.02 Å². The van der Waals surface area contributed by atoms with Crippen molar-refractivity contribution in [3.63, 3.8) is 0 Å². The highest BCUT2D eigenvalue weighted by molar-refractivity contribution is 6.30. The largest absolute Gasteiger partial charge is 0.497 e. The zero-order valence-electron chi connectivity index (χ0n) is 12.0. The standard InChI is InChI=1S/C17H17ClO3/c1-12(14-5-7-15(18)8-6-14)21-17(19)11-13-3-9-16(20-2)10-4-13/h3-10,12H,11H2,1-2H3. The van der Waals surface area contributed by atoms with E-state index in [9.17, 15) is 4.79 Å². The lowest BCUT2D eigenvalue weighted by Crippen LogP contribution is -2.11. The van der Waals surface area contributed by atoms with Crippen molar-refractivity contribution in [3.8, 4) is 5.75 Å². The lowest BCUT2D eigenvalue weighted by atomic mass is 10.1. The van der Waals surface area contributed by atoms with E-state index >= 15 is 0 Å². The zero-order chi connectivity index (χ0) is 15.2. The molecule has 0 saturated heterocycles. The highest BCUT2D eigenvalue weighted by Gasteiger charge is 2.12. The van der Waals surface area contributed by atoms with Crippen molar-refractivity contribution in [3.05, 3.63) is 64.7 Å². The first-order valence-electron chi connectivity index (χ1n) is 6.66. The second kappa shape index (κ2) is 7.14. The molecule has 110 valence electrons. The molecule has 0 heterocycles. The number of hydrogen-bond acceptors (Lipinski definition) is 3. The summed E-state index contributed by atoms with van der Waals surface area (Å²) in [5.41, 5.74) is 1.81. The molecule has 2 aromatic rings. The predicted octanol–water partition coefficient (Wildman–Crippen LogP) is 4.20. The molecule has 0 N–H and O–H groups in total. The van der Waals surface area contributed by atoms with E-state index in [2.05, 4.69) is 0 Å². The number of esters is 1. The zero-order valence-corrected chi connectivity index (χ0v) is 12.8. The lowest BCUT2D eigenvalue weighted by molar-refractivity contribution is -0.147. The molecular weight excluding hydrogens is 288 g/mol. The smallest absolute Gasteiger partial charge is 0.310 e. The van der Waals surface area contributed by atoms with Crippen LogP contribution in [-0.4, -0.2) is 13.1 Å². The molecule has 4 heteroatoms. The third kappa shape index (κ3) is 4.50. The van der Waals surface area contributed by atoms with Crippen molar-refractivity contribution in [1.29, 1.82) is 0 Å². The van der Waals surface area contributed by atoms with Crippen LogP contribution in [0.5, 0.6) is 5.75 Å². The summed E-state index contributed by atoms with van der Waals surface area (Å²) in [6.45, 7) is 1.84. The second-order valence-corrected chi connectivity index (χ2v) is 5.14. The van der Waals surface area contributed by atoms with Gasteiger partial charge in [-0.2, -0.15) is 0 Å². The van der Waals surface area contributed by atoms with Crippen LogP contribution in [0, 0.1) is 0 Å². The van der Waals surface area contributed by atoms with Gasteiger partial charge in [-0.25, -0.2) is 0 Å². The molecule has 3 nitrogen and oxygen atoms in total. The summed E-state index contributed by atoms with van der Waals surface area (Å²) in [7, 11) is 1.61. The van der Waals surface area contributed by atoms with E-state index in [-0.39, 0.29) is 18.5 Å². The number of carbonyl (C=O) groups excluding carboxylic acids is 1. The Kier molecular flexibility index (Phi) is 5.23. The third-order valence-corrected chi connectivity index (χ3v) is 3.41. The van der Waals surface area contributed by atoms with Crippen molar-refractivity contribution in [1.82, 2.24) is 0 Å². The van der Waals surface area contributed by atoms with Crippen molar-refractivity contribution < 1.29 is 14.3 Å². The molecule has 0 bridgehead atoms. The molecule has 0 amide bonds. The van der Waals surface area contributed by atoms with Crippen LogP contribution in [-0.2, 0) is 16.0 Å². The Morgan fingerprint density at radius 3 is 2.29 bits per heavy atom. The minimum atomic E-state index is -0.298. The van der Waals surface area contributed by atoms with Crippen LogP contribution in [0.3, 0.4) is 0 Å². The molecule has 0 aromatic heterocycles. The summed E-state index contributed by atoms with van der Waals surface area (Å²) < 4.78 is 10.5. The predicted molar refractivity (Wildman–Crippen MR) is 82.7 cm³/mol. The molecule has 0 aliphatic carbocycles. The molecule has 0 spiro atoms. The Bertz CT molecular complexity index is 590. The summed E-state index contributed by atoms with van der Waals surface area (Å²) in [6, 6.07) is 14.6. The van der Waals surface area contributed by atoms with E-state index in [1.807, 2.05) is 43.3 Å². The molecule has 0 fully saturated rings. The fourth-order valence-corrected chi connectivity index (χ4v) is 2.08. The molecule has 0 aliphatic rings. The normalized spacial score (nSPS) is 11.8. The second-order valence-electron chi connectivity index (χ2n) is 4.71. The first-order chi connectivity index (χ1) is 10.1. The van der Waals surface area contributed by atoms with Crippen molar-refractivity contribution in [2.45, 2.75) is 19.4 Å². The minimum absolute atomic E-state index is 0.238. The molecule has 0 aliphatic heterocycles. The maximum Gasteiger partial charge on any atom is 0.310 e. The highest BCUT2D eigenvalue weighted by Crippen LogP contribution is 2.20. The Labute approximate surface area is 129 Å². The molecule has 21 heavy (non-hydrogen) atoms. The fourth-order valence-electron chi connectivity index (χ4n) is 1.95. The van der Waals surface area contributed by atoms with E-state index in [0.717, 1.165) is 16.9 Å². The van der Waals surface area contributed by atoms with Crippen molar-refractivity contribution in [2.24, 2.45) is 0 Å². The number of hydrogen-bond donors (Lipinski definition) is 0. The lowest BCUT2D eigenvalue weighted by Gasteiger charge is -2.14. The Hall–Kier alpha value is -2.00. The van der Waals surface area contributed by atoms with E-state index in [1.54, 1.807) is 19.2 Å². The van der Waals surface area contributed by atoms with Gasteiger partial charge in [-0.05, 0) is 42.3 Å². The molecule has 2 aromatic carbocycles. The van der Waals surface area contributed by atoms with Gasteiger partial charge >= 0.3 is 5.97 Å². The van der Waals surface area contributed by atoms with Gasteiger partial charge in [0.05, 0.1) is 13.5 Å². The molecule has 2 rings (SSSR count). The van der Waals surface area contributed by atoms with Gasteiger partial charge in [0.1, 0.15) is 11.9 Å². The van der Waals surface area contributed by atoms with Crippen molar-refractivity contribution in [2.75, 3.05) is 7.11 Å². The van der Waals surface area contributed by atoms with Gasteiger partial charge < -0.3 is 9.47 Å². The van der Waals surface area contributed by atoms with Crippen LogP contribution in [0.25, 0.3) is 0 Å². The van der Waals surface area contributed by atoms with Crippen LogP contribution in [0.1, 0.15) is 24.2 Å². The summed E-state index contributed by atoms with van der Waals surface area (Å²) in [5.74, 6) is 0.504. The number of halogens is 1. The van der Waals surface area contributed by atoms with Gasteiger partial charge in [0, 0.05) is 5.02 Å². The SMILES string of the molecule is COc1ccc(CC(=O)OC(C)c2ccc(Cl)cc2)cc1. The van der Waals surface area contributed by atoms with Crippen molar-refractivity contribution >= 4 is 17.6 Å². The summed E-state index contributed by atoms with van der Waals surface area (Å²) in [4.78, 5) is 11.9. The van der Waals surface area contributed by atoms with Crippen LogP contribution < -0.4 is 4.74 Å². The first-order valence-corrected chi connectivity index (χ1v) is 7.04. The topological polar surface area (TPSA) is 35.5 Å². The summed E-state index contributed by atoms with van der Waals surface area (Å²) >= 11 is 5.84. The number of methoxy groups -OCH3 is 1. The van der Waals surface area contributed by atoms with Crippen LogP contribution in [0.4, 0.5) is 0 Å². The summed E-state index contributed by atoms with van der Waals surface area (Å²) in [5, 5.41) is 0.663. The van der Waals surface area contributed by atoms with E-state index in [0.29, 0.717) is 5.02 Å². The van der Waals surface area contributed by atoms with Crippen LogP contribution >= 0.6 is 11.6 Å². The average molecular weight is 305 g/mol. The van der Waals surface area contributed by atoms with Gasteiger partial charge in [0.15, 0.2) is 0 Å². The number of carbonyl (C=O) groups is 1. The van der Waals surface area contributed by atoms with E-state index < -0.39 is 0 Å². The maximum absolute atomic E-state index is 11.9. The maximum atomic E-state index is 11.9. The quantitative estimate of drug-likeness (QED) is 0.777. The van der Waals surface area contributed by atoms with E-state index in [1.165, 1.54) is 0 Å². The Morgan fingerprint density at radius 1 is 1.10 bits per heavy atom.